The minimum Gasteiger partial charge on any atom is -0.312 e. The van der Waals surface area contributed by atoms with Crippen LogP contribution in [0.1, 0.15) is 0 Å². The van der Waals surface area contributed by atoms with Crippen molar-refractivity contribution in [2.24, 2.45) is 0 Å². The maximum Gasteiger partial charge on any atom is 0.304 e. The highest BCUT2D eigenvalue weighted by Crippen LogP contribution is 2.29. The molecule has 14 heavy (non-hydrogen) atoms. The smallest absolute Gasteiger partial charge is 0.304 e. The standard InChI is InChI=1S/C9H5Br2NOS/c10-5-1-2-6(7(11)3-5)8-4-14-9(13)12-8/h1-4H,(H,12,13). The van der Waals surface area contributed by atoms with Crippen LogP contribution in [0.25, 0.3) is 11.3 Å². The minimum atomic E-state index is -0.0326. The molecule has 0 spiro atoms. The van der Waals surface area contributed by atoms with Gasteiger partial charge in [0, 0.05) is 19.9 Å². The molecule has 0 saturated heterocycles. The fourth-order valence-corrected chi connectivity index (χ4v) is 2.96. The molecule has 5 heteroatoms. The highest BCUT2D eigenvalue weighted by Gasteiger charge is 2.05. The quantitative estimate of drug-likeness (QED) is 0.848. The molecular formula is C9H5Br2NOS. The van der Waals surface area contributed by atoms with Crippen LogP contribution in [0.5, 0.6) is 0 Å². The van der Waals surface area contributed by atoms with E-state index in [2.05, 4.69) is 36.8 Å². The number of aromatic nitrogens is 1. The number of nitrogens with one attached hydrogen (secondary N) is 1. The summed E-state index contributed by atoms with van der Waals surface area (Å²) in [5.74, 6) is 0. The molecule has 0 bridgehead atoms. The van der Waals surface area contributed by atoms with E-state index in [9.17, 15) is 4.79 Å². The van der Waals surface area contributed by atoms with E-state index in [1.54, 1.807) is 0 Å². The summed E-state index contributed by atoms with van der Waals surface area (Å²) in [6, 6.07) is 5.84. The van der Waals surface area contributed by atoms with E-state index >= 15 is 0 Å². The molecular weight excluding hydrogens is 330 g/mol. The predicted octanol–water partition coefficient (Wildman–Crippen LogP) is 3.63. The Morgan fingerprint density at radius 2 is 2.07 bits per heavy atom. The van der Waals surface area contributed by atoms with Gasteiger partial charge in [-0.1, -0.05) is 49.3 Å². The lowest BCUT2D eigenvalue weighted by molar-refractivity contribution is 1.33. The summed E-state index contributed by atoms with van der Waals surface area (Å²) in [4.78, 5) is 13.7. The van der Waals surface area contributed by atoms with E-state index in [0.29, 0.717) is 0 Å². The molecule has 0 unspecified atom stereocenters. The molecule has 1 N–H and O–H groups in total. The SMILES string of the molecule is O=c1[nH]c(-c2ccc(Br)cc2Br)cs1. The van der Waals surface area contributed by atoms with Crippen molar-refractivity contribution >= 4 is 43.2 Å². The zero-order chi connectivity index (χ0) is 10.1. The largest absolute Gasteiger partial charge is 0.312 e. The molecule has 72 valence electrons. The molecule has 2 aromatic rings. The molecule has 2 rings (SSSR count). The molecule has 2 nitrogen and oxygen atoms in total. The molecule has 0 aliphatic heterocycles. The van der Waals surface area contributed by atoms with Gasteiger partial charge in [-0.15, -0.1) is 0 Å². The number of hydrogen-bond donors (Lipinski definition) is 1. The fraction of sp³-hybridized carbons (Fsp3) is 0. The Morgan fingerprint density at radius 1 is 1.29 bits per heavy atom. The van der Waals surface area contributed by atoms with Crippen molar-refractivity contribution in [3.63, 3.8) is 0 Å². The summed E-state index contributed by atoms with van der Waals surface area (Å²) >= 11 is 7.99. The third-order valence-electron chi connectivity index (χ3n) is 1.74. The van der Waals surface area contributed by atoms with Crippen LogP contribution in [0.4, 0.5) is 0 Å². The van der Waals surface area contributed by atoms with Gasteiger partial charge in [0.05, 0.1) is 5.69 Å². The molecule has 0 fully saturated rings. The first-order valence-corrected chi connectivity index (χ1v) is 6.26. The normalized spacial score (nSPS) is 10.4. The molecule has 0 aliphatic carbocycles. The van der Waals surface area contributed by atoms with Crippen LogP contribution in [-0.4, -0.2) is 4.98 Å². The topological polar surface area (TPSA) is 32.9 Å². The fourth-order valence-electron chi connectivity index (χ4n) is 1.12. The van der Waals surface area contributed by atoms with Crippen LogP contribution in [-0.2, 0) is 0 Å². The monoisotopic (exact) mass is 333 g/mol. The summed E-state index contributed by atoms with van der Waals surface area (Å²) in [7, 11) is 0. The lowest BCUT2D eigenvalue weighted by Crippen LogP contribution is -1.92. The number of H-pyrrole nitrogens is 1. The van der Waals surface area contributed by atoms with Gasteiger partial charge in [0.25, 0.3) is 0 Å². The molecule has 1 aromatic carbocycles. The Morgan fingerprint density at radius 3 is 2.64 bits per heavy atom. The van der Waals surface area contributed by atoms with Crippen molar-refractivity contribution in [3.8, 4) is 11.3 Å². The number of aromatic amines is 1. The number of hydrogen-bond acceptors (Lipinski definition) is 2. The molecule has 0 aliphatic rings. The average molecular weight is 335 g/mol. The van der Waals surface area contributed by atoms with Crippen molar-refractivity contribution < 1.29 is 0 Å². The first-order valence-electron chi connectivity index (χ1n) is 3.80. The van der Waals surface area contributed by atoms with E-state index in [-0.39, 0.29) is 4.87 Å². The van der Waals surface area contributed by atoms with Crippen LogP contribution in [0.15, 0.2) is 37.3 Å². The number of halogens is 2. The average Bonchev–Trinajstić information content (AvgIpc) is 2.51. The maximum atomic E-state index is 11.0. The van der Waals surface area contributed by atoms with Gasteiger partial charge in [-0.3, -0.25) is 4.79 Å². The molecule has 0 atom stereocenters. The van der Waals surface area contributed by atoms with E-state index in [4.69, 9.17) is 0 Å². The van der Waals surface area contributed by atoms with Crippen LogP contribution in [0.3, 0.4) is 0 Å². The van der Waals surface area contributed by atoms with Crippen molar-refractivity contribution in [1.82, 2.24) is 4.98 Å². The number of thiazole rings is 1. The van der Waals surface area contributed by atoms with Crippen LogP contribution in [0.2, 0.25) is 0 Å². The molecule has 1 heterocycles. The summed E-state index contributed by atoms with van der Waals surface area (Å²) < 4.78 is 1.96. The third-order valence-corrected chi connectivity index (χ3v) is 3.56. The third kappa shape index (κ3) is 1.99. The second-order valence-electron chi connectivity index (χ2n) is 2.69. The van der Waals surface area contributed by atoms with Crippen LogP contribution < -0.4 is 4.87 Å². The number of rotatable bonds is 1. The zero-order valence-corrected chi connectivity index (χ0v) is 10.9. The Balaban J connectivity index is 2.57. The maximum absolute atomic E-state index is 11.0. The van der Waals surface area contributed by atoms with Crippen molar-refractivity contribution in [3.05, 3.63) is 42.2 Å². The van der Waals surface area contributed by atoms with Gasteiger partial charge in [0.2, 0.25) is 0 Å². The highest BCUT2D eigenvalue weighted by atomic mass is 79.9. The van der Waals surface area contributed by atoms with Gasteiger partial charge in [0.1, 0.15) is 0 Å². The van der Waals surface area contributed by atoms with E-state index < -0.39 is 0 Å². The summed E-state index contributed by atoms with van der Waals surface area (Å²) in [5.41, 5.74) is 1.84. The van der Waals surface area contributed by atoms with E-state index in [1.807, 2.05) is 23.6 Å². The van der Waals surface area contributed by atoms with Gasteiger partial charge in [0.15, 0.2) is 0 Å². The Kier molecular flexibility index (Phi) is 2.90. The van der Waals surface area contributed by atoms with Crippen LogP contribution in [0, 0.1) is 0 Å². The van der Waals surface area contributed by atoms with Crippen molar-refractivity contribution in [2.75, 3.05) is 0 Å². The summed E-state index contributed by atoms with van der Waals surface area (Å²) in [6.45, 7) is 0. The Bertz CT molecular complexity index is 518. The molecule has 0 radical (unpaired) electrons. The first kappa shape index (κ1) is 10.1. The predicted molar refractivity (Wildman–Crippen MR) is 65.8 cm³/mol. The van der Waals surface area contributed by atoms with Gasteiger partial charge in [-0.05, 0) is 12.1 Å². The first-order chi connectivity index (χ1) is 6.66. The van der Waals surface area contributed by atoms with Gasteiger partial charge in [-0.2, -0.15) is 0 Å². The van der Waals surface area contributed by atoms with Gasteiger partial charge < -0.3 is 4.98 Å². The second kappa shape index (κ2) is 4.00. The minimum absolute atomic E-state index is 0.0326. The zero-order valence-electron chi connectivity index (χ0n) is 6.88. The van der Waals surface area contributed by atoms with Gasteiger partial charge in [-0.25, -0.2) is 0 Å². The molecule has 1 aromatic heterocycles. The van der Waals surface area contributed by atoms with E-state index in [0.717, 1.165) is 20.2 Å². The highest BCUT2D eigenvalue weighted by molar-refractivity contribution is 9.11. The Hall–Kier alpha value is -0.390. The van der Waals surface area contributed by atoms with E-state index in [1.165, 1.54) is 11.3 Å². The number of benzene rings is 1. The van der Waals surface area contributed by atoms with Crippen molar-refractivity contribution in [1.29, 1.82) is 0 Å². The van der Waals surface area contributed by atoms with Gasteiger partial charge >= 0.3 is 4.87 Å². The molecule has 0 saturated carbocycles. The molecule has 0 amide bonds. The second-order valence-corrected chi connectivity index (χ2v) is 5.30. The summed E-state index contributed by atoms with van der Waals surface area (Å²) in [6.07, 6.45) is 0. The van der Waals surface area contributed by atoms with Crippen LogP contribution >= 0.6 is 43.2 Å². The lowest BCUT2D eigenvalue weighted by Gasteiger charge is -2.01. The summed E-state index contributed by atoms with van der Waals surface area (Å²) in [5, 5.41) is 1.82. The van der Waals surface area contributed by atoms with Crippen molar-refractivity contribution in [2.45, 2.75) is 0 Å². The Labute approximate surface area is 101 Å². The lowest BCUT2D eigenvalue weighted by atomic mass is 10.2.